The smallest absolute Gasteiger partial charge is 0.0888 e. The molecule has 0 radical (unpaired) electrons. The van der Waals surface area contributed by atoms with Crippen molar-refractivity contribution >= 4 is 39.0 Å². The van der Waals surface area contributed by atoms with Crippen molar-refractivity contribution in [3.05, 3.63) is 192 Å². The monoisotopic (exact) mass is 561 g/mol. The normalized spacial score (nSPS) is 13.3. The number of hydrogen-bond donors (Lipinski definition) is 0. The van der Waals surface area contributed by atoms with Gasteiger partial charge in [-0.15, -0.1) is 0 Å². The molecule has 2 heteroatoms. The highest BCUT2D eigenvalue weighted by Crippen LogP contribution is 2.43. The highest BCUT2D eigenvalue weighted by Gasteiger charge is 2.17. The maximum atomic E-state index is 2.28. The summed E-state index contributed by atoms with van der Waals surface area (Å²) in [6.45, 7) is 0. The maximum Gasteiger partial charge on any atom is 0.239 e. The first-order valence-electron chi connectivity index (χ1n) is 13.7. The van der Waals surface area contributed by atoms with E-state index in [4.69, 9.17) is 0 Å². The second-order valence-corrected chi connectivity index (χ2v) is 11.8. The van der Waals surface area contributed by atoms with Gasteiger partial charge in [-0.25, -0.2) is 0 Å². The van der Waals surface area contributed by atoms with Crippen molar-refractivity contribution in [2.24, 2.45) is 0 Å². The fourth-order valence-corrected chi connectivity index (χ4v) is 6.88. The van der Waals surface area contributed by atoms with Crippen LogP contribution < -0.4 is 0 Å². The zero-order valence-corrected chi connectivity index (χ0v) is 24.2. The molecule has 0 bridgehead atoms. The van der Waals surface area contributed by atoms with Gasteiger partial charge < -0.3 is 0 Å². The summed E-state index contributed by atoms with van der Waals surface area (Å²) in [7, 11) is 0. The van der Waals surface area contributed by atoms with Crippen LogP contribution in [0, 0.1) is 0 Å². The summed E-state index contributed by atoms with van der Waals surface area (Å²) in [5.41, 5.74) is 7.32. The standard InChI is InChI=1S/C39H29S2/c1(6-16-30-26-36(32-18-8-2-9-19-32)40-37(27-30)33-20-10-3-11-21-33)7-17-31-28-38(34-22-12-4-13-23-34)41-39(29-31)35-24-14-5-15-25-35/h1-29H/q+1. The highest BCUT2D eigenvalue weighted by atomic mass is 32.2. The van der Waals surface area contributed by atoms with Gasteiger partial charge in [0.2, 0.25) is 21.1 Å². The van der Waals surface area contributed by atoms with Gasteiger partial charge in [-0.05, 0) is 58.7 Å². The Balaban J connectivity index is 1.28. The molecule has 0 atom stereocenters. The predicted molar refractivity (Wildman–Crippen MR) is 182 cm³/mol. The lowest BCUT2D eigenvalue weighted by atomic mass is 10.1. The second-order valence-electron chi connectivity index (χ2n) is 9.61. The number of hydrogen-bond acceptors (Lipinski definition) is 1. The van der Waals surface area contributed by atoms with Gasteiger partial charge >= 0.3 is 0 Å². The van der Waals surface area contributed by atoms with Crippen LogP contribution in [-0.2, 0) is 0 Å². The predicted octanol–water partition coefficient (Wildman–Crippen LogP) is 11.7. The van der Waals surface area contributed by atoms with Gasteiger partial charge in [0.25, 0.3) is 0 Å². The van der Waals surface area contributed by atoms with Crippen LogP contribution in [0.1, 0.15) is 16.7 Å². The molecule has 2 heterocycles. The van der Waals surface area contributed by atoms with Crippen molar-refractivity contribution < 1.29 is 0 Å². The topological polar surface area (TPSA) is 0 Å². The van der Waals surface area contributed by atoms with Gasteiger partial charge in [0.15, 0.2) is 0 Å². The summed E-state index contributed by atoms with van der Waals surface area (Å²) in [6.07, 6.45) is 15.3. The summed E-state index contributed by atoms with van der Waals surface area (Å²) >= 11 is 3.65. The largest absolute Gasteiger partial charge is 0.239 e. The Morgan fingerprint density at radius 3 is 1.37 bits per heavy atom. The van der Waals surface area contributed by atoms with Gasteiger partial charge in [-0.2, -0.15) is 0 Å². The Morgan fingerprint density at radius 1 is 0.463 bits per heavy atom. The van der Waals surface area contributed by atoms with Gasteiger partial charge in [-0.1, -0.05) is 139 Å². The molecule has 4 aromatic carbocycles. The van der Waals surface area contributed by atoms with E-state index in [9.17, 15) is 0 Å². The Hall–Kier alpha value is -4.50. The average Bonchev–Trinajstić information content (AvgIpc) is 3.06. The van der Waals surface area contributed by atoms with Crippen molar-refractivity contribution in [3.63, 3.8) is 0 Å². The Bertz CT molecular complexity index is 1640. The van der Waals surface area contributed by atoms with E-state index >= 15 is 0 Å². The first-order valence-corrected chi connectivity index (χ1v) is 15.3. The minimum absolute atomic E-state index is 1.19. The molecule has 0 unspecified atom stereocenters. The molecule has 0 nitrogen and oxygen atoms in total. The molecule has 5 aromatic rings. The molecule has 0 saturated carbocycles. The third-order valence-electron chi connectivity index (χ3n) is 6.66. The van der Waals surface area contributed by atoms with Gasteiger partial charge in [0.1, 0.15) is 0 Å². The molecule has 41 heavy (non-hydrogen) atoms. The Morgan fingerprint density at radius 2 is 0.902 bits per heavy atom. The van der Waals surface area contributed by atoms with Crippen LogP contribution in [0.2, 0.25) is 0 Å². The molecule has 0 spiro atoms. The lowest BCUT2D eigenvalue weighted by Gasteiger charge is -2.17. The van der Waals surface area contributed by atoms with E-state index in [0.717, 1.165) is 0 Å². The third-order valence-corrected chi connectivity index (χ3v) is 8.96. The van der Waals surface area contributed by atoms with E-state index in [2.05, 4.69) is 176 Å². The molecule has 1 aliphatic heterocycles. The minimum Gasteiger partial charge on any atom is -0.0888 e. The first-order chi connectivity index (χ1) is 20.3. The maximum absolute atomic E-state index is 2.28. The molecule has 196 valence electrons. The lowest BCUT2D eigenvalue weighted by molar-refractivity contribution is 1.60. The van der Waals surface area contributed by atoms with E-state index < -0.39 is 0 Å². The summed E-state index contributed by atoms with van der Waals surface area (Å²) in [6, 6.07) is 47.0. The Kier molecular flexibility index (Phi) is 8.62. The molecule has 6 rings (SSSR count). The van der Waals surface area contributed by atoms with Crippen molar-refractivity contribution in [2.45, 2.75) is 0 Å². The van der Waals surface area contributed by atoms with E-state index in [1.165, 1.54) is 53.0 Å². The number of thioether (sulfide) groups is 1. The van der Waals surface area contributed by atoms with E-state index in [1.54, 1.807) is 0 Å². The summed E-state index contributed by atoms with van der Waals surface area (Å²) in [4.78, 5) is 5.04. The highest BCUT2D eigenvalue weighted by molar-refractivity contribution is 8.16. The molecule has 0 saturated heterocycles. The minimum atomic E-state index is 1.19. The zero-order chi connectivity index (χ0) is 27.7. The lowest BCUT2D eigenvalue weighted by Crippen LogP contribution is -1.90. The first kappa shape index (κ1) is 26.7. The second kappa shape index (κ2) is 13.2. The van der Waals surface area contributed by atoms with Gasteiger partial charge in [0.05, 0.1) is 0 Å². The van der Waals surface area contributed by atoms with Crippen molar-refractivity contribution in [3.8, 4) is 20.9 Å². The SMILES string of the molecule is C(=CC=C1C=C(c2ccccc2)SC(c2ccccc2)=C1)C=Cc1cc(-c2ccccc2)[s+]c(-c2ccccc2)c1. The molecule has 0 fully saturated rings. The summed E-state index contributed by atoms with van der Waals surface area (Å²) < 4.78 is 0. The average molecular weight is 562 g/mol. The molecular formula is C39H29S2+. The quantitative estimate of drug-likeness (QED) is 0.141. The summed E-state index contributed by atoms with van der Waals surface area (Å²) in [5, 5.41) is 0. The van der Waals surface area contributed by atoms with Crippen LogP contribution in [-0.4, -0.2) is 0 Å². The fourth-order valence-electron chi connectivity index (χ4n) is 4.61. The van der Waals surface area contributed by atoms with E-state index in [0.29, 0.717) is 0 Å². The van der Waals surface area contributed by atoms with Crippen molar-refractivity contribution in [1.82, 2.24) is 0 Å². The van der Waals surface area contributed by atoms with Crippen molar-refractivity contribution in [1.29, 1.82) is 0 Å². The number of rotatable bonds is 7. The number of allylic oxidation sites excluding steroid dienone is 7. The molecule has 0 aliphatic carbocycles. The van der Waals surface area contributed by atoms with Crippen LogP contribution in [0.15, 0.2) is 175 Å². The van der Waals surface area contributed by atoms with Crippen molar-refractivity contribution in [2.75, 3.05) is 0 Å². The third kappa shape index (κ3) is 6.99. The Labute approximate surface area is 251 Å². The zero-order valence-electron chi connectivity index (χ0n) is 22.6. The van der Waals surface area contributed by atoms with Crippen LogP contribution in [0.25, 0.3) is 36.8 Å². The molecule has 1 aliphatic rings. The van der Waals surface area contributed by atoms with E-state index in [1.807, 2.05) is 23.1 Å². The van der Waals surface area contributed by atoms with Crippen LogP contribution in [0.3, 0.4) is 0 Å². The van der Waals surface area contributed by atoms with Crippen LogP contribution >= 0.6 is 23.1 Å². The van der Waals surface area contributed by atoms with Gasteiger partial charge in [-0.3, -0.25) is 0 Å². The molecular weight excluding hydrogens is 533 g/mol. The molecule has 1 aromatic heterocycles. The number of benzene rings is 4. The molecule has 0 N–H and O–H groups in total. The fraction of sp³-hybridized carbons (Fsp3) is 0. The van der Waals surface area contributed by atoms with Crippen LogP contribution in [0.5, 0.6) is 0 Å². The summed E-state index contributed by atoms with van der Waals surface area (Å²) in [5.74, 6) is 0. The van der Waals surface area contributed by atoms with Gasteiger partial charge in [0, 0.05) is 33.1 Å². The van der Waals surface area contributed by atoms with E-state index in [-0.39, 0.29) is 0 Å². The molecule has 0 amide bonds. The van der Waals surface area contributed by atoms with Crippen LogP contribution in [0.4, 0.5) is 0 Å².